The van der Waals surface area contributed by atoms with Gasteiger partial charge in [-0.25, -0.2) is 0 Å². The third kappa shape index (κ3) is 13.8. The molecule has 0 radical (unpaired) electrons. The molecule has 1 aromatic rings. The van der Waals surface area contributed by atoms with Crippen LogP contribution in [0.25, 0.3) is 0 Å². The summed E-state index contributed by atoms with van der Waals surface area (Å²) < 4.78 is 42.5. The molecule has 0 aromatic heterocycles. The maximum Gasteiger partial charge on any atom is 0.673 e. The summed E-state index contributed by atoms with van der Waals surface area (Å²) in [6, 6.07) is 10.4. The van der Waals surface area contributed by atoms with Gasteiger partial charge in [0.05, 0.1) is 5.03 Å². The number of hydrogen-bond acceptors (Lipinski definition) is 0. The van der Waals surface area contributed by atoms with Gasteiger partial charge in [0.1, 0.15) is 0 Å². The summed E-state index contributed by atoms with van der Waals surface area (Å²) in [6.45, 7) is 1.92. The van der Waals surface area contributed by atoms with Crippen LogP contribution in [-0.4, -0.2) is 7.25 Å². The van der Waals surface area contributed by atoms with Crippen molar-refractivity contribution in [3.8, 4) is 0 Å². The summed E-state index contributed by atoms with van der Waals surface area (Å²) in [6.07, 6.45) is 0. The molecule has 0 aliphatic heterocycles. The molecular formula is C9H9BClF4I. The van der Waals surface area contributed by atoms with Crippen LogP contribution in [0.15, 0.2) is 39.4 Å². The van der Waals surface area contributed by atoms with Gasteiger partial charge in [-0.1, -0.05) is 29.8 Å². The molecule has 16 heavy (non-hydrogen) atoms. The highest BCUT2D eigenvalue weighted by molar-refractivity contribution is 6.50. The first-order valence-corrected chi connectivity index (χ1v) is 6.87. The van der Waals surface area contributed by atoms with Crippen molar-refractivity contribution in [2.24, 2.45) is 0 Å². The highest BCUT2D eigenvalue weighted by atomic mass is 127. The molecule has 0 saturated carbocycles. The van der Waals surface area contributed by atoms with E-state index in [0.29, 0.717) is 0 Å². The van der Waals surface area contributed by atoms with Crippen LogP contribution in [0.1, 0.15) is 6.92 Å². The Balaban J connectivity index is 0.000000385. The Morgan fingerprint density at radius 3 is 2.00 bits per heavy atom. The van der Waals surface area contributed by atoms with Gasteiger partial charge in [-0.2, -0.15) is 0 Å². The maximum absolute atomic E-state index is 9.75. The van der Waals surface area contributed by atoms with Crippen molar-refractivity contribution >= 4 is 18.9 Å². The van der Waals surface area contributed by atoms with Crippen LogP contribution in [0.2, 0.25) is 0 Å². The highest BCUT2D eigenvalue weighted by Crippen LogP contribution is 2.06. The van der Waals surface area contributed by atoms with Crippen molar-refractivity contribution in [3.05, 3.63) is 43.0 Å². The quantitative estimate of drug-likeness (QED) is 0.421. The zero-order valence-corrected chi connectivity index (χ0v) is 11.2. The second kappa shape index (κ2) is 7.94. The molecule has 1 rings (SSSR count). The maximum atomic E-state index is 9.75. The van der Waals surface area contributed by atoms with Crippen LogP contribution in [0.3, 0.4) is 0 Å². The first-order chi connectivity index (χ1) is 7.29. The molecule has 0 spiro atoms. The minimum atomic E-state index is -6.00. The zero-order chi connectivity index (χ0) is 12.6. The van der Waals surface area contributed by atoms with Crippen LogP contribution < -0.4 is 21.2 Å². The van der Waals surface area contributed by atoms with Crippen molar-refractivity contribution < 1.29 is 38.5 Å². The van der Waals surface area contributed by atoms with E-state index in [-0.39, 0.29) is 21.2 Å². The van der Waals surface area contributed by atoms with E-state index in [0.717, 1.165) is 5.03 Å². The monoisotopic (exact) mass is 366 g/mol. The third-order valence-corrected chi connectivity index (χ3v) is 4.23. The van der Waals surface area contributed by atoms with E-state index in [9.17, 15) is 17.3 Å². The number of hydrogen-bond donors (Lipinski definition) is 0. The van der Waals surface area contributed by atoms with Crippen LogP contribution in [-0.2, 0) is 0 Å². The first-order valence-electron chi connectivity index (χ1n) is 4.17. The average molecular weight is 366 g/mol. The fraction of sp³-hybridized carbons (Fsp3) is 0.111. The molecule has 0 nitrogen and oxygen atoms in total. The minimum absolute atomic E-state index is 0.00751. The molecule has 0 fully saturated rings. The van der Waals surface area contributed by atoms with Gasteiger partial charge < -0.3 is 17.3 Å². The molecule has 90 valence electrons. The molecule has 0 heterocycles. The summed E-state index contributed by atoms with van der Waals surface area (Å²) in [5, 5.41) is 0.904. The smallest absolute Gasteiger partial charge is 0.418 e. The normalized spacial score (nSPS) is 11.8. The van der Waals surface area contributed by atoms with Crippen molar-refractivity contribution in [2.45, 2.75) is 6.92 Å². The SMILES string of the molecule is C/C(Cl)=C/[I+]c1ccccc1.F[B-](F)(F)F. The zero-order valence-electron chi connectivity index (χ0n) is 8.31. The predicted molar refractivity (Wildman–Crippen MR) is 54.9 cm³/mol. The van der Waals surface area contributed by atoms with Gasteiger partial charge in [0.25, 0.3) is 0 Å². The molecular weight excluding hydrogens is 357 g/mol. The lowest BCUT2D eigenvalue weighted by atomic mass is 10.3. The average Bonchev–Trinajstić information content (AvgIpc) is 2.14. The summed E-state index contributed by atoms with van der Waals surface area (Å²) >= 11 is 5.71. The van der Waals surface area contributed by atoms with Gasteiger partial charge in [0, 0.05) is 0 Å². The summed E-state index contributed by atoms with van der Waals surface area (Å²) in [7, 11) is -6.00. The largest absolute Gasteiger partial charge is 0.673 e. The Labute approximate surface area is 107 Å². The number of halogens is 6. The van der Waals surface area contributed by atoms with Gasteiger partial charge in [0.2, 0.25) is 0 Å². The molecule has 0 N–H and O–H groups in total. The summed E-state index contributed by atoms with van der Waals surface area (Å²) in [5.74, 6) is 0. The number of allylic oxidation sites excluding steroid dienone is 1. The molecule has 0 aliphatic carbocycles. The Bertz CT molecular complexity index is 316. The highest BCUT2D eigenvalue weighted by Gasteiger charge is 2.20. The molecule has 0 saturated heterocycles. The second-order valence-electron chi connectivity index (χ2n) is 2.60. The van der Waals surface area contributed by atoms with Crippen molar-refractivity contribution in [2.75, 3.05) is 0 Å². The minimum Gasteiger partial charge on any atom is -0.418 e. The first kappa shape index (κ1) is 15.8. The van der Waals surface area contributed by atoms with Gasteiger partial charge in [0.15, 0.2) is 7.65 Å². The standard InChI is InChI=1S/C9H9ClI.BF4/c1-8(10)7-11-9-5-3-2-4-6-9;2-1(3,4)5/h2-7H,1H3;/q+1;-1/b8-7-;. The van der Waals surface area contributed by atoms with Gasteiger partial charge in [-0.15, -0.1) is 0 Å². The van der Waals surface area contributed by atoms with Crippen molar-refractivity contribution in [1.82, 2.24) is 0 Å². The third-order valence-electron chi connectivity index (χ3n) is 1.06. The topological polar surface area (TPSA) is 0 Å². The summed E-state index contributed by atoms with van der Waals surface area (Å²) in [5.41, 5.74) is 0. The molecule has 0 atom stereocenters. The van der Waals surface area contributed by atoms with E-state index in [2.05, 4.69) is 28.3 Å². The van der Waals surface area contributed by atoms with Crippen LogP contribution in [0, 0.1) is 3.57 Å². The van der Waals surface area contributed by atoms with Crippen LogP contribution in [0.4, 0.5) is 17.3 Å². The Kier molecular flexibility index (Phi) is 7.83. The van der Waals surface area contributed by atoms with E-state index in [1.165, 1.54) is 3.57 Å². The molecule has 0 aliphatic rings. The van der Waals surface area contributed by atoms with E-state index < -0.39 is 7.25 Å². The van der Waals surface area contributed by atoms with E-state index >= 15 is 0 Å². The van der Waals surface area contributed by atoms with Crippen molar-refractivity contribution in [1.29, 1.82) is 0 Å². The van der Waals surface area contributed by atoms with Crippen LogP contribution >= 0.6 is 11.6 Å². The summed E-state index contributed by atoms with van der Waals surface area (Å²) in [4.78, 5) is 0. The number of rotatable bonds is 2. The van der Waals surface area contributed by atoms with Gasteiger partial charge >= 0.3 is 28.5 Å². The van der Waals surface area contributed by atoms with E-state index in [1.807, 2.05) is 13.0 Å². The second-order valence-corrected chi connectivity index (χ2v) is 5.68. The fourth-order valence-electron chi connectivity index (χ4n) is 0.626. The lowest BCUT2D eigenvalue weighted by molar-refractivity contribution is -0.557. The molecule has 0 bridgehead atoms. The molecule has 1 aromatic carbocycles. The van der Waals surface area contributed by atoms with Crippen molar-refractivity contribution in [3.63, 3.8) is 0 Å². The van der Waals surface area contributed by atoms with Crippen LogP contribution in [0.5, 0.6) is 0 Å². The molecule has 7 heteroatoms. The van der Waals surface area contributed by atoms with E-state index in [4.69, 9.17) is 11.6 Å². The fourth-order valence-corrected chi connectivity index (χ4v) is 2.52. The van der Waals surface area contributed by atoms with Gasteiger partial charge in [-0.3, -0.25) is 0 Å². The Hall–Kier alpha value is -0.235. The lowest BCUT2D eigenvalue weighted by Gasteiger charge is -1.94. The van der Waals surface area contributed by atoms with Gasteiger partial charge in [-0.05, 0) is 19.1 Å². The molecule has 0 amide bonds. The molecule has 0 unspecified atom stereocenters. The van der Waals surface area contributed by atoms with E-state index in [1.54, 1.807) is 0 Å². The number of benzene rings is 1. The lowest BCUT2D eigenvalue weighted by Crippen LogP contribution is -3.59. The predicted octanol–water partition coefficient (Wildman–Crippen LogP) is 1.35. The Morgan fingerprint density at radius 2 is 1.62 bits per heavy atom. The Morgan fingerprint density at radius 1 is 1.19 bits per heavy atom.